The van der Waals surface area contributed by atoms with Crippen molar-refractivity contribution in [1.82, 2.24) is 20.4 Å². The number of halogens is 1. The lowest BCUT2D eigenvalue weighted by Gasteiger charge is -1.96. The number of nitrogens with zero attached hydrogens (tertiary/aromatic N) is 2. The molecule has 0 atom stereocenters. The fourth-order valence-electron chi connectivity index (χ4n) is 0.983. The van der Waals surface area contributed by atoms with Crippen LogP contribution in [0.2, 0.25) is 0 Å². The largest absolute Gasteiger partial charge is 0.340 e. The van der Waals surface area contributed by atoms with Gasteiger partial charge in [-0.15, -0.1) is 5.10 Å². The van der Waals surface area contributed by atoms with E-state index in [9.17, 15) is 0 Å². The van der Waals surface area contributed by atoms with Gasteiger partial charge in [-0.2, -0.15) is 10.3 Å². The minimum atomic E-state index is 0.690. The van der Waals surface area contributed by atoms with Crippen LogP contribution in [0.15, 0.2) is 4.47 Å². The Morgan fingerprint density at radius 1 is 1.42 bits per heavy atom. The highest BCUT2D eigenvalue weighted by Crippen LogP contribution is 2.20. The Balaban J connectivity index is 3.05. The molecule has 0 amide bonds. The van der Waals surface area contributed by atoms with Crippen LogP contribution in [0.4, 0.5) is 0 Å². The van der Waals surface area contributed by atoms with Gasteiger partial charge in [0.1, 0.15) is 5.52 Å². The number of pyridine rings is 1. The van der Waals surface area contributed by atoms with Gasteiger partial charge in [0, 0.05) is 5.69 Å². The lowest BCUT2D eigenvalue weighted by Crippen LogP contribution is -1.86. The molecule has 2 rings (SSSR count). The molecule has 2 heterocycles. The van der Waals surface area contributed by atoms with Crippen LogP contribution < -0.4 is 0 Å². The number of aromatic amines is 2. The zero-order chi connectivity index (χ0) is 8.72. The number of fused-ring (bicyclic) bond motifs is 1. The second-order valence-corrected chi connectivity index (χ2v) is 3.62. The summed E-state index contributed by atoms with van der Waals surface area (Å²) in [4.78, 5) is 3.06. The first-order chi connectivity index (χ1) is 5.70. The average Bonchev–Trinajstić information content (AvgIpc) is 2.48. The van der Waals surface area contributed by atoms with Crippen LogP contribution in [-0.2, 0) is 0 Å². The number of hydrogen-bond acceptors (Lipinski definition) is 3. The van der Waals surface area contributed by atoms with Crippen molar-refractivity contribution in [2.24, 2.45) is 0 Å². The number of aryl methyl sites for hydroxylation is 1. The first-order valence-electron chi connectivity index (χ1n) is 3.29. The third-order valence-electron chi connectivity index (χ3n) is 1.60. The van der Waals surface area contributed by atoms with E-state index in [1.54, 1.807) is 0 Å². The molecule has 12 heavy (non-hydrogen) atoms. The summed E-state index contributed by atoms with van der Waals surface area (Å²) in [6, 6.07) is 0. The molecule has 0 aromatic carbocycles. The summed E-state index contributed by atoms with van der Waals surface area (Å²) in [7, 11) is 0. The highest BCUT2D eigenvalue weighted by Gasteiger charge is 2.05. The Morgan fingerprint density at radius 3 is 2.92 bits per heavy atom. The highest BCUT2D eigenvalue weighted by atomic mass is 79.9. The molecular weight excluding hydrogens is 240 g/mol. The monoisotopic (exact) mass is 244 g/mol. The van der Waals surface area contributed by atoms with Gasteiger partial charge in [0.25, 0.3) is 0 Å². The summed E-state index contributed by atoms with van der Waals surface area (Å²) in [5.74, 6) is 0. The van der Waals surface area contributed by atoms with Gasteiger partial charge in [-0.25, -0.2) is 0 Å². The zero-order valence-corrected chi connectivity index (χ0v) is 8.58. The Hall–Kier alpha value is -0.750. The van der Waals surface area contributed by atoms with Crippen LogP contribution >= 0.6 is 28.1 Å². The summed E-state index contributed by atoms with van der Waals surface area (Å²) in [6.07, 6.45) is 0. The van der Waals surface area contributed by atoms with E-state index in [0.29, 0.717) is 15.7 Å². The molecule has 0 radical (unpaired) electrons. The van der Waals surface area contributed by atoms with Crippen molar-refractivity contribution in [1.29, 1.82) is 0 Å². The molecule has 62 valence electrons. The number of nitrogens with one attached hydrogen (secondary N) is 2. The summed E-state index contributed by atoms with van der Waals surface area (Å²) in [5.41, 5.74) is 2.35. The Morgan fingerprint density at radius 2 is 2.17 bits per heavy atom. The van der Waals surface area contributed by atoms with E-state index in [1.807, 2.05) is 6.92 Å². The third-order valence-corrected chi connectivity index (χ3v) is 3.25. The molecular formula is C6H5BrN4S. The van der Waals surface area contributed by atoms with Gasteiger partial charge < -0.3 is 4.98 Å². The molecule has 0 saturated heterocycles. The Bertz CT molecular complexity index is 486. The summed E-state index contributed by atoms with van der Waals surface area (Å²) < 4.78 is 1.56. The smallest absolute Gasteiger partial charge is 0.181 e. The van der Waals surface area contributed by atoms with E-state index in [-0.39, 0.29) is 0 Å². The van der Waals surface area contributed by atoms with Crippen LogP contribution in [0.3, 0.4) is 0 Å². The van der Waals surface area contributed by atoms with Crippen LogP contribution in [0.5, 0.6) is 0 Å². The lowest BCUT2D eigenvalue weighted by atomic mass is 10.3. The number of rotatable bonds is 0. The summed E-state index contributed by atoms with van der Waals surface area (Å²) in [5, 5.41) is 10.3. The molecule has 0 saturated carbocycles. The molecule has 4 nitrogen and oxygen atoms in total. The van der Waals surface area contributed by atoms with Gasteiger partial charge in [-0.05, 0) is 22.9 Å². The highest BCUT2D eigenvalue weighted by molar-refractivity contribution is 9.10. The molecule has 0 aliphatic carbocycles. The first kappa shape index (κ1) is 7.88. The van der Waals surface area contributed by atoms with E-state index in [0.717, 1.165) is 10.2 Å². The van der Waals surface area contributed by atoms with Gasteiger partial charge in [0.2, 0.25) is 0 Å². The second-order valence-electron chi connectivity index (χ2n) is 2.41. The van der Waals surface area contributed by atoms with Crippen molar-refractivity contribution < 1.29 is 0 Å². The SMILES string of the molecule is Cc1[nH]c2n[nH]nc2c(=S)c1Br. The van der Waals surface area contributed by atoms with Crippen LogP contribution in [-0.4, -0.2) is 20.4 Å². The van der Waals surface area contributed by atoms with Crippen molar-refractivity contribution in [2.75, 3.05) is 0 Å². The maximum absolute atomic E-state index is 5.15. The summed E-state index contributed by atoms with van der Waals surface area (Å²) >= 11 is 8.51. The van der Waals surface area contributed by atoms with Crippen molar-refractivity contribution >= 4 is 39.3 Å². The van der Waals surface area contributed by atoms with Crippen molar-refractivity contribution in [3.05, 3.63) is 14.7 Å². The molecule has 2 aromatic heterocycles. The van der Waals surface area contributed by atoms with Crippen LogP contribution in [0.1, 0.15) is 5.69 Å². The fraction of sp³-hybridized carbons (Fsp3) is 0.167. The molecule has 6 heteroatoms. The quantitative estimate of drug-likeness (QED) is 0.698. The minimum absolute atomic E-state index is 0.690. The van der Waals surface area contributed by atoms with Gasteiger partial charge in [-0.1, -0.05) is 12.2 Å². The predicted molar refractivity (Wildman–Crippen MR) is 51.5 cm³/mol. The zero-order valence-electron chi connectivity index (χ0n) is 6.18. The average molecular weight is 245 g/mol. The minimum Gasteiger partial charge on any atom is -0.340 e. The molecule has 2 N–H and O–H groups in total. The van der Waals surface area contributed by atoms with Gasteiger partial charge in [0.05, 0.1) is 8.98 Å². The predicted octanol–water partition coefficient (Wildman–Crippen LogP) is 2.09. The van der Waals surface area contributed by atoms with Crippen LogP contribution in [0, 0.1) is 11.4 Å². The molecule has 2 aromatic rings. The van der Waals surface area contributed by atoms with Crippen molar-refractivity contribution in [3.63, 3.8) is 0 Å². The summed E-state index contributed by atoms with van der Waals surface area (Å²) in [6.45, 7) is 1.92. The maximum atomic E-state index is 5.15. The van der Waals surface area contributed by atoms with E-state index in [4.69, 9.17) is 12.2 Å². The molecule has 0 unspecified atom stereocenters. The number of H-pyrrole nitrogens is 2. The molecule has 0 bridgehead atoms. The molecule has 0 spiro atoms. The lowest BCUT2D eigenvalue weighted by molar-refractivity contribution is 0.953. The maximum Gasteiger partial charge on any atom is 0.181 e. The number of aromatic nitrogens is 4. The Labute approximate surface area is 81.5 Å². The molecule has 0 aliphatic rings. The van der Waals surface area contributed by atoms with Crippen LogP contribution in [0.25, 0.3) is 11.2 Å². The van der Waals surface area contributed by atoms with E-state index in [2.05, 4.69) is 36.3 Å². The normalized spacial score (nSPS) is 10.8. The van der Waals surface area contributed by atoms with E-state index < -0.39 is 0 Å². The van der Waals surface area contributed by atoms with Gasteiger partial charge >= 0.3 is 0 Å². The van der Waals surface area contributed by atoms with Crippen molar-refractivity contribution in [3.8, 4) is 0 Å². The topological polar surface area (TPSA) is 57.4 Å². The Kier molecular flexibility index (Phi) is 1.73. The van der Waals surface area contributed by atoms with Gasteiger partial charge in [-0.3, -0.25) is 0 Å². The van der Waals surface area contributed by atoms with Crippen molar-refractivity contribution in [2.45, 2.75) is 6.92 Å². The third kappa shape index (κ3) is 0.987. The number of hydrogen-bond donors (Lipinski definition) is 2. The van der Waals surface area contributed by atoms with E-state index in [1.165, 1.54) is 0 Å². The fourth-order valence-corrected chi connectivity index (χ4v) is 1.57. The standard InChI is InChI=1S/C6H5BrN4S/c1-2-3(7)5(12)4-6(8-2)10-11-9-4/h1H3,(H2,8,9,10,11,12). The second kappa shape index (κ2) is 2.63. The van der Waals surface area contributed by atoms with E-state index >= 15 is 0 Å². The van der Waals surface area contributed by atoms with Gasteiger partial charge in [0.15, 0.2) is 5.65 Å². The molecule has 0 fully saturated rings. The molecule has 0 aliphatic heterocycles. The first-order valence-corrected chi connectivity index (χ1v) is 4.49.